The minimum atomic E-state index is -0.0260. The number of hydrogen-bond donors (Lipinski definition) is 1. The molecule has 0 bridgehead atoms. The van der Waals surface area contributed by atoms with Crippen molar-refractivity contribution in [3.05, 3.63) is 69.4 Å². The Bertz CT molecular complexity index is 990. The van der Waals surface area contributed by atoms with Gasteiger partial charge in [0.25, 0.3) is 5.56 Å². The number of benzene rings is 1. The summed E-state index contributed by atoms with van der Waals surface area (Å²) in [5, 5.41) is 4.49. The van der Waals surface area contributed by atoms with E-state index in [0.717, 1.165) is 49.3 Å². The van der Waals surface area contributed by atoms with Crippen molar-refractivity contribution in [3.8, 4) is 11.4 Å². The van der Waals surface area contributed by atoms with Gasteiger partial charge in [0.1, 0.15) is 5.82 Å². The number of fused-ring (bicyclic) bond motifs is 1. The van der Waals surface area contributed by atoms with E-state index in [4.69, 9.17) is 4.98 Å². The second-order valence-electron chi connectivity index (χ2n) is 7.14. The Labute approximate surface area is 158 Å². The van der Waals surface area contributed by atoms with E-state index >= 15 is 0 Å². The number of aryl methyl sites for hydroxylation is 1. The fourth-order valence-corrected chi connectivity index (χ4v) is 3.67. The maximum absolute atomic E-state index is 12.7. The number of nitrogens with one attached hydrogen (secondary N) is 1. The van der Waals surface area contributed by atoms with Gasteiger partial charge in [0, 0.05) is 49.4 Å². The molecule has 3 aromatic rings. The maximum Gasteiger partial charge on any atom is 0.255 e. The Balaban J connectivity index is 1.54. The maximum atomic E-state index is 12.7. The zero-order chi connectivity index (χ0) is 18.8. The fourth-order valence-electron chi connectivity index (χ4n) is 3.67. The van der Waals surface area contributed by atoms with Crippen LogP contribution in [0.15, 0.2) is 41.3 Å². The van der Waals surface area contributed by atoms with Gasteiger partial charge in [-0.15, -0.1) is 0 Å². The first-order valence-corrected chi connectivity index (χ1v) is 9.57. The molecule has 0 aliphatic carbocycles. The van der Waals surface area contributed by atoms with Crippen molar-refractivity contribution in [2.24, 2.45) is 0 Å². The molecule has 0 unspecified atom stereocenters. The van der Waals surface area contributed by atoms with E-state index < -0.39 is 0 Å². The molecule has 0 saturated carbocycles. The molecule has 27 heavy (non-hydrogen) atoms. The fraction of sp³-hybridized carbons (Fsp3) is 0.381. The highest BCUT2D eigenvalue weighted by atomic mass is 16.1. The topological polar surface area (TPSA) is 66.8 Å². The van der Waals surface area contributed by atoms with Crippen molar-refractivity contribution >= 4 is 0 Å². The third kappa shape index (κ3) is 3.57. The molecule has 4 rings (SSSR count). The molecule has 3 heterocycles. The molecular formula is C21H25N5O. The van der Waals surface area contributed by atoms with E-state index in [9.17, 15) is 4.79 Å². The van der Waals surface area contributed by atoms with Gasteiger partial charge in [-0.05, 0) is 13.3 Å². The van der Waals surface area contributed by atoms with Gasteiger partial charge in [-0.3, -0.25) is 14.4 Å². The summed E-state index contributed by atoms with van der Waals surface area (Å²) in [5.74, 6) is 0.657. The van der Waals surface area contributed by atoms with Crippen molar-refractivity contribution in [2.75, 3.05) is 6.54 Å². The van der Waals surface area contributed by atoms with Crippen LogP contribution in [-0.4, -0.2) is 31.2 Å². The van der Waals surface area contributed by atoms with E-state index in [1.54, 1.807) is 0 Å². The van der Waals surface area contributed by atoms with E-state index in [-0.39, 0.29) is 5.56 Å². The third-order valence-corrected chi connectivity index (χ3v) is 5.23. The molecule has 0 amide bonds. The molecular weight excluding hydrogens is 338 g/mol. The standard InChI is InChI=1S/C21H25N5O/c1-3-10-26-15(2)17(12-22-26)13-25-11-9-19-18(14-25)21(27)24-20(23-19)16-7-5-4-6-8-16/h4-8,12H,3,9-11,13-14H2,1-2H3,(H,23,24,27). The van der Waals surface area contributed by atoms with Crippen LogP contribution in [0.2, 0.25) is 0 Å². The van der Waals surface area contributed by atoms with Crippen LogP contribution in [0.1, 0.15) is 35.9 Å². The zero-order valence-corrected chi connectivity index (χ0v) is 15.9. The third-order valence-electron chi connectivity index (χ3n) is 5.23. The highest BCUT2D eigenvalue weighted by molar-refractivity contribution is 5.54. The monoisotopic (exact) mass is 363 g/mol. The molecule has 0 radical (unpaired) electrons. The summed E-state index contributed by atoms with van der Waals surface area (Å²) in [7, 11) is 0. The van der Waals surface area contributed by atoms with E-state index in [1.807, 2.05) is 36.5 Å². The van der Waals surface area contributed by atoms with Gasteiger partial charge in [0.15, 0.2) is 0 Å². The number of hydrogen-bond acceptors (Lipinski definition) is 4. The van der Waals surface area contributed by atoms with Gasteiger partial charge in [-0.1, -0.05) is 37.3 Å². The highest BCUT2D eigenvalue weighted by Gasteiger charge is 2.22. The Morgan fingerprint density at radius 1 is 1.22 bits per heavy atom. The molecule has 140 valence electrons. The van der Waals surface area contributed by atoms with Crippen LogP contribution in [-0.2, 0) is 26.1 Å². The minimum Gasteiger partial charge on any atom is -0.306 e. The Kier molecular flexibility index (Phi) is 4.90. The lowest BCUT2D eigenvalue weighted by Gasteiger charge is -2.27. The number of nitrogens with zero attached hydrogens (tertiary/aromatic N) is 4. The first-order chi connectivity index (χ1) is 13.2. The van der Waals surface area contributed by atoms with Gasteiger partial charge >= 0.3 is 0 Å². The summed E-state index contributed by atoms with van der Waals surface area (Å²) in [4.78, 5) is 22.7. The Morgan fingerprint density at radius 2 is 2.04 bits per heavy atom. The van der Waals surface area contributed by atoms with Crippen LogP contribution >= 0.6 is 0 Å². The predicted octanol–water partition coefficient (Wildman–Crippen LogP) is 2.91. The summed E-state index contributed by atoms with van der Waals surface area (Å²) >= 11 is 0. The number of H-pyrrole nitrogens is 1. The average molecular weight is 363 g/mol. The molecule has 1 aliphatic rings. The molecule has 1 aromatic carbocycles. The van der Waals surface area contributed by atoms with Crippen LogP contribution in [0.5, 0.6) is 0 Å². The first kappa shape index (κ1) is 17.7. The molecule has 0 saturated heterocycles. The highest BCUT2D eigenvalue weighted by Crippen LogP contribution is 2.20. The van der Waals surface area contributed by atoms with Crippen molar-refractivity contribution in [1.82, 2.24) is 24.6 Å². The first-order valence-electron chi connectivity index (χ1n) is 9.57. The SMILES string of the molecule is CCCn1ncc(CN2CCc3nc(-c4ccccc4)[nH]c(=O)c3C2)c1C. The van der Waals surface area contributed by atoms with E-state index in [0.29, 0.717) is 12.4 Å². The molecule has 0 fully saturated rings. The normalized spacial score (nSPS) is 14.3. The van der Waals surface area contributed by atoms with Gasteiger partial charge in [0.2, 0.25) is 0 Å². The quantitative estimate of drug-likeness (QED) is 0.757. The predicted molar refractivity (Wildman–Crippen MR) is 105 cm³/mol. The largest absolute Gasteiger partial charge is 0.306 e. The summed E-state index contributed by atoms with van der Waals surface area (Å²) in [6.07, 6.45) is 3.83. The van der Waals surface area contributed by atoms with Gasteiger partial charge in [-0.25, -0.2) is 4.98 Å². The van der Waals surface area contributed by atoms with Crippen LogP contribution in [0.3, 0.4) is 0 Å². The second-order valence-corrected chi connectivity index (χ2v) is 7.14. The molecule has 1 N–H and O–H groups in total. The van der Waals surface area contributed by atoms with E-state index in [2.05, 4.69) is 33.5 Å². The van der Waals surface area contributed by atoms with Gasteiger partial charge in [0.05, 0.1) is 17.5 Å². The van der Waals surface area contributed by atoms with Crippen LogP contribution < -0.4 is 5.56 Å². The molecule has 2 aromatic heterocycles. The number of aromatic amines is 1. The lowest BCUT2D eigenvalue weighted by molar-refractivity contribution is 0.241. The number of rotatable bonds is 5. The lowest BCUT2D eigenvalue weighted by Crippen LogP contribution is -2.35. The van der Waals surface area contributed by atoms with Crippen LogP contribution in [0.4, 0.5) is 0 Å². The Morgan fingerprint density at radius 3 is 2.81 bits per heavy atom. The van der Waals surface area contributed by atoms with E-state index in [1.165, 1.54) is 11.3 Å². The van der Waals surface area contributed by atoms with Crippen molar-refractivity contribution in [2.45, 2.75) is 46.3 Å². The second kappa shape index (κ2) is 7.48. The molecule has 6 heteroatoms. The van der Waals surface area contributed by atoms with Crippen LogP contribution in [0, 0.1) is 6.92 Å². The molecule has 0 atom stereocenters. The Hall–Kier alpha value is -2.73. The van der Waals surface area contributed by atoms with Gasteiger partial charge < -0.3 is 4.98 Å². The van der Waals surface area contributed by atoms with Crippen molar-refractivity contribution in [3.63, 3.8) is 0 Å². The summed E-state index contributed by atoms with van der Waals surface area (Å²) in [6, 6.07) is 9.81. The van der Waals surface area contributed by atoms with Crippen LogP contribution in [0.25, 0.3) is 11.4 Å². The zero-order valence-electron chi connectivity index (χ0n) is 15.9. The summed E-state index contributed by atoms with van der Waals surface area (Å²) in [5.41, 5.74) is 5.08. The molecule has 1 aliphatic heterocycles. The molecule has 0 spiro atoms. The minimum absolute atomic E-state index is 0.0260. The summed E-state index contributed by atoms with van der Waals surface area (Å²) in [6.45, 7) is 7.57. The van der Waals surface area contributed by atoms with Crippen molar-refractivity contribution < 1.29 is 0 Å². The number of aromatic nitrogens is 4. The lowest BCUT2D eigenvalue weighted by atomic mass is 10.1. The average Bonchev–Trinajstić information content (AvgIpc) is 3.03. The molecule has 6 nitrogen and oxygen atoms in total. The van der Waals surface area contributed by atoms with Crippen molar-refractivity contribution in [1.29, 1.82) is 0 Å². The summed E-state index contributed by atoms with van der Waals surface area (Å²) < 4.78 is 2.06. The van der Waals surface area contributed by atoms with Gasteiger partial charge in [-0.2, -0.15) is 5.10 Å². The smallest absolute Gasteiger partial charge is 0.255 e.